The minimum absolute atomic E-state index is 0.0617. The van der Waals surface area contributed by atoms with E-state index in [0.29, 0.717) is 0 Å². The van der Waals surface area contributed by atoms with Crippen molar-refractivity contribution in [2.24, 2.45) is 0 Å². The van der Waals surface area contributed by atoms with Crippen LogP contribution in [0.1, 0.15) is 27.0 Å². The SMILES string of the molecule is Cc1ccc(C[C@H](C)NC(=O)c2ccccc2S(C)(=O)=O)s1. The number of amides is 1. The predicted octanol–water partition coefficient (Wildman–Crippen LogP) is 2.82. The van der Waals surface area contributed by atoms with E-state index >= 15 is 0 Å². The van der Waals surface area contributed by atoms with Gasteiger partial charge in [0.05, 0.1) is 10.5 Å². The summed E-state index contributed by atoms with van der Waals surface area (Å²) in [5.41, 5.74) is 0.194. The Hall–Kier alpha value is -1.66. The molecule has 0 aliphatic rings. The quantitative estimate of drug-likeness (QED) is 0.912. The molecule has 0 fully saturated rings. The molecule has 4 nitrogen and oxygen atoms in total. The number of thiophene rings is 1. The fourth-order valence-corrected chi connectivity index (χ4v) is 4.13. The Kier molecular flexibility index (Phi) is 5.03. The Morgan fingerprint density at radius 3 is 2.50 bits per heavy atom. The summed E-state index contributed by atoms with van der Waals surface area (Å²) in [6, 6.07) is 10.3. The molecule has 1 aromatic carbocycles. The molecule has 22 heavy (non-hydrogen) atoms. The third kappa shape index (κ3) is 4.18. The van der Waals surface area contributed by atoms with Gasteiger partial charge in [-0.25, -0.2) is 8.42 Å². The summed E-state index contributed by atoms with van der Waals surface area (Å²) in [7, 11) is -3.43. The van der Waals surface area contributed by atoms with Gasteiger partial charge in [-0.2, -0.15) is 0 Å². The highest BCUT2D eigenvalue weighted by atomic mass is 32.2. The van der Waals surface area contributed by atoms with Crippen LogP contribution in [0.2, 0.25) is 0 Å². The molecule has 2 rings (SSSR count). The summed E-state index contributed by atoms with van der Waals surface area (Å²) in [6.07, 6.45) is 1.84. The number of nitrogens with one attached hydrogen (secondary N) is 1. The molecule has 0 aliphatic carbocycles. The monoisotopic (exact) mass is 337 g/mol. The van der Waals surface area contributed by atoms with Gasteiger partial charge in [-0.3, -0.25) is 4.79 Å². The number of sulfone groups is 1. The average Bonchev–Trinajstić information content (AvgIpc) is 2.82. The van der Waals surface area contributed by atoms with Crippen LogP contribution in [-0.2, 0) is 16.3 Å². The summed E-state index contributed by atoms with van der Waals surface area (Å²) >= 11 is 1.70. The number of hydrogen-bond donors (Lipinski definition) is 1. The molecule has 0 saturated heterocycles. The van der Waals surface area contributed by atoms with Crippen molar-refractivity contribution in [3.63, 3.8) is 0 Å². The molecule has 1 N–H and O–H groups in total. The van der Waals surface area contributed by atoms with E-state index in [1.165, 1.54) is 21.9 Å². The van der Waals surface area contributed by atoms with E-state index in [4.69, 9.17) is 0 Å². The predicted molar refractivity (Wildman–Crippen MR) is 89.2 cm³/mol. The lowest BCUT2D eigenvalue weighted by molar-refractivity contribution is 0.0937. The van der Waals surface area contributed by atoms with Gasteiger partial charge in [-0.05, 0) is 38.1 Å². The van der Waals surface area contributed by atoms with Crippen molar-refractivity contribution in [1.82, 2.24) is 5.32 Å². The zero-order valence-electron chi connectivity index (χ0n) is 12.8. The maximum atomic E-state index is 12.3. The van der Waals surface area contributed by atoms with Crippen molar-refractivity contribution < 1.29 is 13.2 Å². The first-order valence-corrected chi connectivity index (χ1v) is 9.63. The van der Waals surface area contributed by atoms with Crippen molar-refractivity contribution in [3.05, 3.63) is 51.7 Å². The second-order valence-corrected chi connectivity index (χ2v) is 8.72. The number of carbonyl (C=O) groups excluding carboxylic acids is 1. The van der Waals surface area contributed by atoms with E-state index in [1.54, 1.807) is 23.5 Å². The van der Waals surface area contributed by atoms with Gasteiger partial charge in [-0.15, -0.1) is 11.3 Å². The third-order valence-corrected chi connectivity index (χ3v) is 5.39. The average molecular weight is 337 g/mol. The molecule has 0 saturated carbocycles. The fraction of sp³-hybridized carbons (Fsp3) is 0.312. The lowest BCUT2D eigenvalue weighted by Crippen LogP contribution is -2.34. The van der Waals surface area contributed by atoms with Crippen molar-refractivity contribution in [2.45, 2.75) is 31.2 Å². The van der Waals surface area contributed by atoms with Gasteiger partial charge in [0.2, 0.25) is 0 Å². The van der Waals surface area contributed by atoms with Crippen molar-refractivity contribution in [2.75, 3.05) is 6.26 Å². The molecule has 1 aromatic heterocycles. The number of benzene rings is 1. The van der Waals surface area contributed by atoms with E-state index in [9.17, 15) is 13.2 Å². The molecule has 2 aromatic rings. The van der Waals surface area contributed by atoms with Gasteiger partial charge >= 0.3 is 0 Å². The van der Waals surface area contributed by atoms with Gasteiger partial charge in [0, 0.05) is 28.5 Å². The number of hydrogen-bond acceptors (Lipinski definition) is 4. The first kappa shape index (κ1) is 16.7. The van der Waals surface area contributed by atoms with E-state index in [2.05, 4.69) is 5.32 Å². The zero-order chi connectivity index (χ0) is 16.3. The van der Waals surface area contributed by atoms with Crippen LogP contribution in [0.4, 0.5) is 0 Å². The molecule has 6 heteroatoms. The molecule has 0 aliphatic heterocycles. The van der Waals surface area contributed by atoms with Crippen LogP contribution in [0.5, 0.6) is 0 Å². The van der Waals surface area contributed by atoms with Crippen LogP contribution < -0.4 is 5.32 Å². The minimum Gasteiger partial charge on any atom is -0.349 e. The fourth-order valence-electron chi connectivity index (χ4n) is 2.23. The molecular weight excluding hydrogens is 318 g/mol. The standard InChI is InChI=1S/C16H19NO3S2/c1-11(10-13-9-8-12(2)21-13)17-16(18)14-6-4-5-7-15(14)22(3,19)20/h4-9,11H,10H2,1-3H3,(H,17,18)/t11-/m0/s1. The van der Waals surface area contributed by atoms with Gasteiger partial charge in [0.1, 0.15) is 0 Å². The highest BCUT2D eigenvalue weighted by molar-refractivity contribution is 7.90. The second kappa shape index (κ2) is 6.62. The Balaban J connectivity index is 2.12. The Morgan fingerprint density at radius 1 is 1.23 bits per heavy atom. The minimum atomic E-state index is -3.43. The highest BCUT2D eigenvalue weighted by Crippen LogP contribution is 2.18. The third-order valence-electron chi connectivity index (χ3n) is 3.21. The smallest absolute Gasteiger partial charge is 0.252 e. The van der Waals surface area contributed by atoms with Crippen LogP contribution in [0.15, 0.2) is 41.3 Å². The van der Waals surface area contributed by atoms with Crippen LogP contribution in [0, 0.1) is 6.92 Å². The van der Waals surface area contributed by atoms with Crippen molar-refractivity contribution >= 4 is 27.1 Å². The van der Waals surface area contributed by atoms with Crippen molar-refractivity contribution in [3.8, 4) is 0 Å². The van der Waals surface area contributed by atoms with E-state index < -0.39 is 9.84 Å². The van der Waals surface area contributed by atoms with E-state index in [-0.39, 0.29) is 22.4 Å². The van der Waals surface area contributed by atoms with Crippen molar-refractivity contribution in [1.29, 1.82) is 0 Å². The Bertz CT molecular complexity index is 778. The molecule has 0 radical (unpaired) electrons. The number of rotatable bonds is 5. The summed E-state index contributed by atoms with van der Waals surface area (Å²) in [5.74, 6) is -0.359. The second-order valence-electron chi connectivity index (χ2n) is 5.36. The normalized spacial score (nSPS) is 12.9. The van der Waals surface area contributed by atoms with Crippen LogP contribution in [0.25, 0.3) is 0 Å². The summed E-state index contributed by atoms with van der Waals surface area (Å²) in [6.45, 7) is 3.95. The van der Waals surface area contributed by atoms with Crippen LogP contribution in [-0.4, -0.2) is 26.6 Å². The largest absolute Gasteiger partial charge is 0.349 e. The molecule has 1 atom stereocenters. The molecule has 1 amide bonds. The van der Waals surface area contributed by atoms with Gasteiger partial charge in [0.25, 0.3) is 5.91 Å². The summed E-state index contributed by atoms with van der Waals surface area (Å²) < 4.78 is 23.5. The van der Waals surface area contributed by atoms with Crippen LogP contribution >= 0.6 is 11.3 Å². The summed E-state index contributed by atoms with van der Waals surface area (Å²) in [4.78, 5) is 14.8. The molecule has 0 bridgehead atoms. The first-order valence-electron chi connectivity index (χ1n) is 6.92. The van der Waals surface area contributed by atoms with Gasteiger partial charge < -0.3 is 5.32 Å². The van der Waals surface area contributed by atoms with Gasteiger partial charge in [0.15, 0.2) is 9.84 Å². The Morgan fingerprint density at radius 2 is 1.91 bits per heavy atom. The molecule has 0 unspecified atom stereocenters. The van der Waals surface area contributed by atoms with E-state index in [0.717, 1.165) is 12.7 Å². The number of aryl methyl sites for hydroxylation is 1. The van der Waals surface area contributed by atoms with E-state index in [1.807, 2.05) is 26.0 Å². The highest BCUT2D eigenvalue weighted by Gasteiger charge is 2.19. The molecule has 1 heterocycles. The topological polar surface area (TPSA) is 63.2 Å². The zero-order valence-corrected chi connectivity index (χ0v) is 14.4. The van der Waals surface area contributed by atoms with Crippen LogP contribution in [0.3, 0.4) is 0 Å². The van der Waals surface area contributed by atoms with Gasteiger partial charge in [-0.1, -0.05) is 12.1 Å². The molecular formula is C16H19NO3S2. The maximum absolute atomic E-state index is 12.3. The lowest BCUT2D eigenvalue weighted by atomic mass is 10.1. The Labute approximate surface area is 135 Å². The molecule has 0 spiro atoms. The summed E-state index contributed by atoms with van der Waals surface area (Å²) in [5, 5.41) is 2.87. The lowest BCUT2D eigenvalue weighted by Gasteiger charge is -2.14. The number of carbonyl (C=O) groups is 1. The first-order chi connectivity index (χ1) is 10.3. The molecule has 118 valence electrons. The maximum Gasteiger partial charge on any atom is 0.252 e.